The van der Waals surface area contributed by atoms with Crippen molar-refractivity contribution in [1.82, 2.24) is 0 Å². The van der Waals surface area contributed by atoms with E-state index in [9.17, 15) is 9.59 Å². The van der Waals surface area contributed by atoms with E-state index in [-0.39, 0.29) is 5.78 Å². The van der Waals surface area contributed by atoms with Crippen molar-refractivity contribution in [1.29, 1.82) is 0 Å². The number of ketones is 1. The maximum absolute atomic E-state index is 12.2. The van der Waals surface area contributed by atoms with Crippen molar-refractivity contribution in [3.05, 3.63) is 59.4 Å². The molecule has 0 amide bonds. The summed E-state index contributed by atoms with van der Waals surface area (Å²) in [6, 6.07) is 11.6. The summed E-state index contributed by atoms with van der Waals surface area (Å²) in [5.74, 6) is 0.988. The minimum Gasteiger partial charge on any atom is -0.497 e. The summed E-state index contributed by atoms with van der Waals surface area (Å²) >= 11 is 0. The van der Waals surface area contributed by atoms with Gasteiger partial charge in [-0.25, -0.2) is 4.79 Å². The number of ether oxygens (including phenoxy) is 2. The zero-order chi connectivity index (χ0) is 17.3. The van der Waals surface area contributed by atoms with E-state index in [1.807, 2.05) is 0 Å². The molecule has 0 unspecified atom stereocenters. The van der Waals surface area contributed by atoms with Crippen molar-refractivity contribution >= 4 is 22.7 Å². The summed E-state index contributed by atoms with van der Waals surface area (Å²) in [4.78, 5) is 24.0. The highest BCUT2D eigenvalue weighted by Crippen LogP contribution is 2.29. The van der Waals surface area contributed by atoms with Crippen molar-refractivity contribution < 1.29 is 23.5 Å². The van der Waals surface area contributed by atoms with Gasteiger partial charge in [0.1, 0.15) is 22.8 Å². The van der Waals surface area contributed by atoms with Crippen molar-refractivity contribution in [3.63, 3.8) is 0 Å². The van der Waals surface area contributed by atoms with Gasteiger partial charge >= 0.3 is 5.97 Å². The van der Waals surface area contributed by atoms with E-state index in [0.29, 0.717) is 39.4 Å². The molecule has 0 radical (unpaired) electrons. The smallest absolute Gasteiger partial charge is 0.343 e. The van der Waals surface area contributed by atoms with E-state index in [0.717, 1.165) is 0 Å². The van der Waals surface area contributed by atoms with Crippen LogP contribution in [0.2, 0.25) is 0 Å². The molecule has 122 valence electrons. The molecule has 3 rings (SSSR count). The summed E-state index contributed by atoms with van der Waals surface area (Å²) in [7, 11) is 1.56. The standard InChI is InChI=1S/C19H16O5/c1-11(20)18-12(2)23-17-9-8-15(10-16(17)18)24-19(21)13-4-6-14(22-3)7-5-13/h4-10H,1-3H3. The molecule has 0 saturated carbocycles. The van der Waals surface area contributed by atoms with Crippen LogP contribution in [-0.2, 0) is 0 Å². The number of carbonyl (C=O) groups is 2. The molecule has 2 aromatic carbocycles. The Morgan fingerprint density at radius 2 is 1.67 bits per heavy atom. The highest BCUT2D eigenvalue weighted by Gasteiger charge is 2.16. The number of rotatable bonds is 4. The topological polar surface area (TPSA) is 65.7 Å². The average molecular weight is 324 g/mol. The number of methoxy groups -OCH3 is 1. The van der Waals surface area contributed by atoms with E-state index in [4.69, 9.17) is 13.9 Å². The highest BCUT2D eigenvalue weighted by atomic mass is 16.5. The molecule has 5 nitrogen and oxygen atoms in total. The summed E-state index contributed by atoms with van der Waals surface area (Å²) in [5.41, 5.74) is 1.50. The van der Waals surface area contributed by atoms with Crippen LogP contribution in [0.3, 0.4) is 0 Å². The molecule has 0 atom stereocenters. The molecule has 24 heavy (non-hydrogen) atoms. The first-order valence-corrected chi connectivity index (χ1v) is 7.40. The minimum absolute atomic E-state index is 0.0927. The number of esters is 1. The summed E-state index contributed by atoms with van der Waals surface area (Å²) in [5, 5.41) is 0.639. The molecule has 0 spiro atoms. The number of carbonyl (C=O) groups excluding carboxylic acids is 2. The first kappa shape index (κ1) is 15.8. The first-order valence-electron chi connectivity index (χ1n) is 7.40. The Labute approximate surface area is 138 Å². The molecule has 5 heteroatoms. The lowest BCUT2D eigenvalue weighted by atomic mass is 10.1. The third-order valence-electron chi connectivity index (χ3n) is 3.72. The minimum atomic E-state index is -0.485. The fourth-order valence-corrected chi connectivity index (χ4v) is 2.59. The molecule has 1 aromatic heterocycles. The van der Waals surface area contributed by atoms with Crippen molar-refractivity contribution in [2.45, 2.75) is 13.8 Å². The second-order valence-electron chi connectivity index (χ2n) is 5.37. The van der Waals surface area contributed by atoms with Crippen LogP contribution < -0.4 is 9.47 Å². The molecular formula is C19H16O5. The van der Waals surface area contributed by atoms with E-state index in [2.05, 4.69) is 0 Å². The molecule has 0 saturated heterocycles. The van der Waals surface area contributed by atoms with E-state index < -0.39 is 5.97 Å². The Morgan fingerprint density at radius 3 is 2.29 bits per heavy atom. The van der Waals surface area contributed by atoms with Crippen LogP contribution in [-0.4, -0.2) is 18.9 Å². The molecule has 0 fully saturated rings. The maximum atomic E-state index is 12.2. The lowest BCUT2D eigenvalue weighted by Gasteiger charge is -2.05. The Kier molecular flexibility index (Phi) is 4.08. The number of benzene rings is 2. The Balaban J connectivity index is 1.90. The zero-order valence-corrected chi connectivity index (χ0v) is 13.6. The Bertz CT molecular complexity index is 919. The van der Waals surface area contributed by atoms with Gasteiger partial charge in [-0.3, -0.25) is 4.79 Å². The van der Waals surface area contributed by atoms with Gasteiger partial charge in [-0.1, -0.05) is 0 Å². The number of furan rings is 1. The van der Waals surface area contributed by atoms with Gasteiger partial charge in [-0.05, 0) is 56.3 Å². The van der Waals surface area contributed by atoms with Crippen molar-refractivity contribution in [2.75, 3.05) is 7.11 Å². The van der Waals surface area contributed by atoms with Crippen LogP contribution in [0.1, 0.15) is 33.4 Å². The molecule has 0 aliphatic heterocycles. The molecule has 0 N–H and O–H groups in total. The molecule has 0 aliphatic carbocycles. The normalized spacial score (nSPS) is 10.6. The predicted molar refractivity (Wildman–Crippen MR) is 88.9 cm³/mol. The third-order valence-corrected chi connectivity index (χ3v) is 3.72. The summed E-state index contributed by atoms with van der Waals surface area (Å²) in [6.07, 6.45) is 0. The quantitative estimate of drug-likeness (QED) is 0.409. The van der Waals surface area contributed by atoms with Crippen LogP contribution in [0.5, 0.6) is 11.5 Å². The van der Waals surface area contributed by atoms with Crippen molar-refractivity contribution in [2.24, 2.45) is 0 Å². The number of hydrogen-bond acceptors (Lipinski definition) is 5. The summed E-state index contributed by atoms with van der Waals surface area (Å²) < 4.78 is 16.0. The summed E-state index contributed by atoms with van der Waals surface area (Å²) in [6.45, 7) is 3.22. The monoisotopic (exact) mass is 324 g/mol. The van der Waals surface area contributed by atoms with E-state index in [1.165, 1.54) is 6.92 Å². The van der Waals surface area contributed by atoms with E-state index >= 15 is 0 Å². The average Bonchev–Trinajstić information content (AvgIpc) is 2.90. The van der Waals surface area contributed by atoms with Gasteiger partial charge in [-0.15, -0.1) is 0 Å². The third kappa shape index (κ3) is 2.88. The van der Waals surface area contributed by atoms with Gasteiger partial charge in [0.2, 0.25) is 0 Å². The number of fused-ring (bicyclic) bond motifs is 1. The SMILES string of the molecule is COc1ccc(C(=O)Oc2ccc3oc(C)c(C(C)=O)c3c2)cc1. The molecule has 0 bridgehead atoms. The molecule has 0 aliphatic rings. The van der Waals surface area contributed by atoms with E-state index in [1.54, 1.807) is 56.5 Å². The molecule has 1 heterocycles. The Morgan fingerprint density at radius 1 is 1.00 bits per heavy atom. The van der Waals surface area contributed by atoms with Crippen LogP contribution in [0.25, 0.3) is 11.0 Å². The highest BCUT2D eigenvalue weighted by molar-refractivity contribution is 6.07. The van der Waals surface area contributed by atoms with Crippen LogP contribution in [0.15, 0.2) is 46.9 Å². The second kappa shape index (κ2) is 6.20. The second-order valence-corrected chi connectivity index (χ2v) is 5.37. The van der Waals surface area contributed by atoms with Gasteiger partial charge in [0.25, 0.3) is 0 Å². The lowest BCUT2D eigenvalue weighted by molar-refractivity contribution is 0.0734. The van der Waals surface area contributed by atoms with Gasteiger partial charge in [0, 0.05) is 5.39 Å². The molecular weight excluding hydrogens is 308 g/mol. The largest absolute Gasteiger partial charge is 0.497 e. The number of hydrogen-bond donors (Lipinski definition) is 0. The number of Topliss-reactive ketones (excluding diaryl/α,β-unsaturated/α-hetero) is 1. The van der Waals surface area contributed by atoms with Gasteiger partial charge in [-0.2, -0.15) is 0 Å². The first-order chi connectivity index (χ1) is 11.5. The van der Waals surface area contributed by atoms with Gasteiger partial charge in [0.05, 0.1) is 18.2 Å². The Hall–Kier alpha value is -3.08. The van der Waals surface area contributed by atoms with Gasteiger partial charge in [0.15, 0.2) is 5.78 Å². The fraction of sp³-hybridized carbons (Fsp3) is 0.158. The van der Waals surface area contributed by atoms with Crippen LogP contribution >= 0.6 is 0 Å². The lowest BCUT2D eigenvalue weighted by Crippen LogP contribution is -2.08. The number of aryl methyl sites for hydroxylation is 1. The van der Waals surface area contributed by atoms with Crippen LogP contribution in [0, 0.1) is 6.92 Å². The maximum Gasteiger partial charge on any atom is 0.343 e. The predicted octanol–water partition coefficient (Wildman–Crippen LogP) is 4.17. The van der Waals surface area contributed by atoms with Gasteiger partial charge < -0.3 is 13.9 Å². The zero-order valence-electron chi connectivity index (χ0n) is 13.6. The van der Waals surface area contributed by atoms with Crippen LogP contribution in [0.4, 0.5) is 0 Å². The van der Waals surface area contributed by atoms with Crippen molar-refractivity contribution in [3.8, 4) is 11.5 Å². The fourth-order valence-electron chi connectivity index (χ4n) is 2.59. The molecule has 3 aromatic rings.